The molecule has 15 nitrogen and oxygen atoms in total. The summed E-state index contributed by atoms with van der Waals surface area (Å²) in [6, 6.07) is 10.0. The SMILES string of the molecule is CN1Cc2c(c(C#N)nn2C2CCCCCC2Cc2ccc3c(c2)C(=O)N(C2CCC(=O)NC2=O)C3=O)-c2cnc(N)c(n2)N2CCC[C@@H]2c2cc(F)ccc2C1=O. The molecule has 0 radical (unpaired) electrons. The summed E-state index contributed by atoms with van der Waals surface area (Å²) in [5.41, 5.74) is 10.2. The van der Waals surface area contributed by atoms with Crippen LogP contribution in [0.4, 0.5) is 16.0 Å². The number of rotatable bonds is 4. The summed E-state index contributed by atoms with van der Waals surface area (Å²) in [5, 5.41) is 17.8. The van der Waals surface area contributed by atoms with Crippen LogP contribution in [0.5, 0.6) is 0 Å². The van der Waals surface area contributed by atoms with E-state index in [1.807, 2.05) is 15.6 Å². The standard InChI is InChI=1S/C42H41FN10O5/c1-50-21-34-36(30-20-46-37(45)38(47-30)51-15-5-8-32(51)27-18-24(43)10-12-25(27)40(50)56)29(19-44)49-53(34)31-7-4-2-3-6-23(31)16-22-9-11-26-28(17-22)42(58)52(41(26)57)33-13-14-35(54)48-39(33)55/h9-12,17-18,20,23,31-33H,2-8,13-16,21H2,1H3,(H2,45,46)(H,48,54,55)/t23?,31?,32-,33?/m1/s1. The number of nitrogens with two attached hydrogens (primary N) is 1. The molecule has 4 atom stereocenters. The lowest BCUT2D eigenvalue weighted by Crippen LogP contribution is -2.54. The van der Waals surface area contributed by atoms with E-state index in [0.717, 1.165) is 49.0 Å². The zero-order valence-electron chi connectivity index (χ0n) is 31.9. The zero-order chi connectivity index (χ0) is 40.4. The molecule has 2 aromatic heterocycles. The van der Waals surface area contributed by atoms with Gasteiger partial charge < -0.3 is 15.5 Å². The monoisotopic (exact) mass is 784 g/mol. The fourth-order valence-electron chi connectivity index (χ4n) is 9.69. The fourth-order valence-corrected chi connectivity index (χ4v) is 9.69. The van der Waals surface area contributed by atoms with Crippen LogP contribution in [0.2, 0.25) is 0 Å². The van der Waals surface area contributed by atoms with Gasteiger partial charge in [0.2, 0.25) is 11.8 Å². The normalized spacial score (nSPS) is 23.3. The van der Waals surface area contributed by atoms with Crippen LogP contribution >= 0.6 is 0 Å². The first kappa shape index (κ1) is 37.1. The number of nitriles is 1. The van der Waals surface area contributed by atoms with E-state index in [4.69, 9.17) is 15.8 Å². The number of nitrogen functional groups attached to an aromatic ring is 1. The van der Waals surface area contributed by atoms with Crippen LogP contribution in [-0.4, -0.2) is 78.7 Å². The summed E-state index contributed by atoms with van der Waals surface area (Å²) in [7, 11) is 1.69. The quantitative estimate of drug-likeness (QED) is 0.216. The zero-order valence-corrected chi connectivity index (χ0v) is 31.9. The van der Waals surface area contributed by atoms with Crippen molar-refractivity contribution in [1.29, 1.82) is 5.26 Å². The number of aromatic nitrogens is 4. The van der Waals surface area contributed by atoms with Gasteiger partial charge in [0, 0.05) is 25.6 Å². The average Bonchev–Trinajstić information content (AvgIpc) is 3.84. The third-order valence-electron chi connectivity index (χ3n) is 12.4. The fraction of sp³-hybridized carbons (Fsp3) is 0.405. The molecule has 9 rings (SSSR count). The van der Waals surface area contributed by atoms with Gasteiger partial charge in [-0.1, -0.05) is 25.3 Å². The van der Waals surface area contributed by atoms with Gasteiger partial charge in [-0.25, -0.2) is 14.4 Å². The van der Waals surface area contributed by atoms with Crippen molar-refractivity contribution in [3.05, 3.63) is 87.6 Å². The summed E-state index contributed by atoms with van der Waals surface area (Å²) < 4.78 is 16.8. The number of nitrogens with zero attached hydrogens (tertiary/aromatic N) is 8. The smallest absolute Gasteiger partial charge is 0.262 e. The van der Waals surface area contributed by atoms with Crippen LogP contribution in [0.1, 0.15) is 123 Å². The molecule has 3 fully saturated rings. The Morgan fingerprint density at radius 1 is 0.914 bits per heavy atom. The van der Waals surface area contributed by atoms with Crippen LogP contribution in [0.3, 0.4) is 0 Å². The van der Waals surface area contributed by atoms with Crippen molar-refractivity contribution in [3.8, 4) is 17.3 Å². The maximum atomic E-state index is 14.9. The first-order valence-corrected chi connectivity index (χ1v) is 19.8. The summed E-state index contributed by atoms with van der Waals surface area (Å²) in [6.45, 7) is 0.621. The van der Waals surface area contributed by atoms with Gasteiger partial charge >= 0.3 is 0 Å². The molecule has 2 saturated heterocycles. The molecule has 5 amide bonds. The molecule has 2 bridgehead atoms. The lowest BCUT2D eigenvalue weighted by Gasteiger charge is -2.31. The number of carbonyl (C=O) groups excluding carboxylic acids is 5. The topological polar surface area (TPSA) is 201 Å². The summed E-state index contributed by atoms with van der Waals surface area (Å²) >= 11 is 0. The molecule has 5 aliphatic rings. The Hall–Kier alpha value is -6.50. The number of amides is 5. The number of piperidine rings is 1. The van der Waals surface area contributed by atoms with Gasteiger partial charge in [-0.05, 0) is 85.9 Å². The van der Waals surface area contributed by atoms with E-state index < -0.39 is 35.5 Å². The number of hydrogen-bond acceptors (Lipinski definition) is 11. The first-order valence-electron chi connectivity index (χ1n) is 19.8. The second kappa shape index (κ2) is 14.5. The lowest BCUT2D eigenvalue weighted by molar-refractivity contribution is -0.136. The Kier molecular flexibility index (Phi) is 9.25. The van der Waals surface area contributed by atoms with Gasteiger partial charge in [-0.3, -0.25) is 38.9 Å². The molecular formula is C42H41FN10O5. The minimum absolute atomic E-state index is 0.0287. The summed E-state index contributed by atoms with van der Waals surface area (Å²) in [6.07, 6.45) is 7.92. The molecular weight excluding hydrogens is 744 g/mol. The first-order chi connectivity index (χ1) is 28.0. The highest BCUT2D eigenvalue weighted by atomic mass is 19.1. The van der Waals surface area contributed by atoms with Crippen LogP contribution in [-0.2, 0) is 22.6 Å². The van der Waals surface area contributed by atoms with Crippen LogP contribution < -0.4 is 16.0 Å². The summed E-state index contributed by atoms with van der Waals surface area (Å²) in [5.74, 6) is -2.44. The molecule has 16 heteroatoms. The predicted octanol–water partition coefficient (Wildman–Crippen LogP) is 4.63. The van der Waals surface area contributed by atoms with E-state index in [0.29, 0.717) is 53.3 Å². The number of benzene rings is 2. The molecule has 58 heavy (non-hydrogen) atoms. The number of halogens is 1. The molecule has 3 N–H and O–H groups in total. The van der Waals surface area contributed by atoms with Gasteiger partial charge in [0.05, 0.1) is 52.9 Å². The van der Waals surface area contributed by atoms with Gasteiger partial charge in [-0.2, -0.15) is 10.4 Å². The predicted molar refractivity (Wildman–Crippen MR) is 206 cm³/mol. The molecule has 3 unspecified atom stereocenters. The van der Waals surface area contributed by atoms with Crippen molar-refractivity contribution in [2.24, 2.45) is 5.92 Å². The highest BCUT2D eigenvalue weighted by Crippen LogP contribution is 2.43. The maximum absolute atomic E-state index is 14.9. The number of carbonyl (C=O) groups is 5. The minimum atomic E-state index is -1.06. The molecule has 1 aliphatic carbocycles. The number of fused-ring (bicyclic) bond motifs is 9. The lowest BCUT2D eigenvalue weighted by atomic mass is 9.87. The Balaban J connectivity index is 1.11. The molecule has 4 aliphatic heterocycles. The largest absolute Gasteiger partial charge is 0.381 e. The van der Waals surface area contributed by atoms with Crippen LogP contribution in [0.15, 0.2) is 42.6 Å². The molecule has 1 saturated carbocycles. The van der Waals surface area contributed by atoms with E-state index in [1.54, 1.807) is 24.1 Å². The Labute approximate surface area is 333 Å². The van der Waals surface area contributed by atoms with Crippen molar-refractivity contribution in [1.82, 2.24) is 34.9 Å². The summed E-state index contributed by atoms with van der Waals surface area (Å²) in [4.78, 5) is 80.0. The Morgan fingerprint density at radius 2 is 1.71 bits per heavy atom. The molecule has 6 heterocycles. The van der Waals surface area contributed by atoms with Crippen LogP contribution in [0, 0.1) is 23.1 Å². The second-order valence-electron chi connectivity index (χ2n) is 15.9. The van der Waals surface area contributed by atoms with E-state index in [-0.39, 0.29) is 65.9 Å². The van der Waals surface area contributed by atoms with E-state index in [9.17, 15) is 33.6 Å². The van der Waals surface area contributed by atoms with Gasteiger partial charge in [0.15, 0.2) is 17.3 Å². The second-order valence-corrected chi connectivity index (χ2v) is 15.9. The molecule has 0 spiro atoms. The number of hydrogen-bond donors (Lipinski definition) is 2. The average molecular weight is 785 g/mol. The van der Waals surface area contributed by atoms with Crippen molar-refractivity contribution in [2.75, 3.05) is 24.2 Å². The van der Waals surface area contributed by atoms with E-state index >= 15 is 0 Å². The minimum Gasteiger partial charge on any atom is -0.381 e. The van der Waals surface area contributed by atoms with Crippen molar-refractivity contribution >= 4 is 41.2 Å². The number of nitrogens with one attached hydrogen (secondary N) is 1. The number of imide groups is 2. The molecule has 4 aromatic rings. The highest BCUT2D eigenvalue weighted by Gasteiger charge is 2.45. The third kappa shape index (κ3) is 6.16. The molecule has 2 aromatic carbocycles. The maximum Gasteiger partial charge on any atom is 0.262 e. The van der Waals surface area contributed by atoms with Gasteiger partial charge in [-0.15, -0.1) is 0 Å². The Morgan fingerprint density at radius 3 is 2.52 bits per heavy atom. The van der Waals surface area contributed by atoms with Gasteiger partial charge in [0.25, 0.3) is 17.7 Å². The van der Waals surface area contributed by atoms with E-state index in [1.165, 1.54) is 24.4 Å². The Bertz CT molecular complexity index is 2480. The van der Waals surface area contributed by atoms with Crippen LogP contribution in [0.25, 0.3) is 11.3 Å². The van der Waals surface area contributed by atoms with Crippen molar-refractivity contribution < 1.29 is 28.4 Å². The van der Waals surface area contributed by atoms with Crippen molar-refractivity contribution in [2.45, 2.75) is 88.9 Å². The van der Waals surface area contributed by atoms with E-state index in [2.05, 4.69) is 16.4 Å². The van der Waals surface area contributed by atoms with Gasteiger partial charge in [0.1, 0.15) is 17.9 Å². The number of anilines is 2. The molecule has 296 valence electrons. The van der Waals surface area contributed by atoms with Crippen molar-refractivity contribution in [3.63, 3.8) is 0 Å². The highest BCUT2D eigenvalue weighted by molar-refractivity contribution is 6.23. The third-order valence-corrected chi connectivity index (χ3v) is 12.4.